The van der Waals surface area contributed by atoms with Crippen LogP contribution in [0.2, 0.25) is 0 Å². The number of hydrogen-bond donors (Lipinski definition) is 1. The Bertz CT molecular complexity index is 413. The van der Waals surface area contributed by atoms with E-state index in [9.17, 15) is 9.90 Å². The zero-order chi connectivity index (χ0) is 14.3. The number of carbonyl (C=O) groups excluding carboxylic acids is 1. The van der Waals surface area contributed by atoms with E-state index in [1.54, 1.807) is 19.1 Å². The molecule has 0 radical (unpaired) electrons. The molecule has 0 saturated heterocycles. The fourth-order valence-electron chi connectivity index (χ4n) is 2.22. The lowest BCUT2D eigenvalue weighted by Crippen LogP contribution is -2.39. The summed E-state index contributed by atoms with van der Waals surface area (Å²) < 4.78 is 5.08. The van der Waals surface area contributed by atoms with Gasteiger partial charge >= 0.3 is 5.97 Å². The van der Waals surface area contributed by atoms with Crippen LogP contribution in [0.3, 0.4) is 0 Å². The number of rotatable bonds is 7. The van der Waals surface area contributed by atoms with Gasteiger partial charge in [0, 0.05) is 0 Å². The lowest BCUT2D eigenvalue weighted by atomic mass is 9.79. The summed E-state index contributed by atoms with van der Waals surface area (Å²) in [5.74, 6) is -1.01. The van der Waals surface area contributed by atoms with Crippen LogP contribution in [-0.4, -0.2) is 17.7 Å². The van der Waals surface area contributed by atoms with E-state index in [0.29, 0.717) is 18.6 Å². The lowest BCUT2D eigenvalue weighted by Gasteiger charge is -2.32. The van der Waals surface area contributed by atoms with E-state index in [1.165, 1.54) is 6.08 Å². The molecule has 1 aromatic rings. The van der Waals surface area contributed by atoms with Crippen molar-refractivity contribution in [3.8, 4) is 0 Å². The van der Waals surface area contributed by atoms with Gasteiger partial charge in [0.15, 0.2) is 0 Å². The van der Waals surface area contributed by atoms with E-state index in [2.05, 4.69) is 6.58 Å². The number of ether oxygens (including phenoxy) is 1. The van der Waals surface area contributed by atoms with Crippen LogP contribution < -0.4 is 0 Å². The van der Waals surface area contributed by atoms with Gasteiger partial charge in [-0.2, -0.15) is 0 Å². The third-order valence-corrected chi connectivity index (χ3v) is 3.23. The molecule has 0 fully saturated rings. The maximum absolute atomic E-state index is 12.1. The smallest absolute Gasteiger partial charge is 0.312 e. The van der Waals surface area contributed by atoms with E-state index < -0.39 is 11.5 Å². The van der Waals surface area contributed by atoms with Crippen LogP contribution in [0.25, 0.3) is 0 Å². The van der Waals surface area contributed by atoms with Crippen LogP contribution in [0.4, 0.5) is 0 Å². The second-order valence-electron chi connectivity index (χ2n) is 4.49. The second kappa shape index (κ2) is 7.10. The maximum Gasteiger partial charge on any atom is 0.312 e. The summed E-state index contributed by atoms with van der Waals surface area (Å²) in [5, 5.41) is 10.9. The van der Waals surface area contributed by atoms with E-state index >= 15 is 0 Å². The molecule has 0 aliphatic heterocycles. The quantitative estimate of drug-likeness (QED) is 0.607. The van der Waals surface area contributed by atoms with E-state index in [1.807, 2.05) is 25.1 Å². The molecule has 3 heteroatoms. The van der Waals surface area contributed by atoms with Gasteiger partial charge in [-0.25, -0.2) is 0 Å². The van der Waals surface area contributed by atoms with Gasteiger partial charge in [-0.3, -0.25) is 4.79 Å². The molecule has 3 nitrogen and oxygen atoms in total. The van der Waals surface area contributed by atoms with Gasteiger partial charge in [0.2, 0.25) is 0 Å². The third-order valence-electron chi connectivity index (χ3n) is 3.23. The van der Waals surface area contributed by atoms with Crippen molar-refractivity contribution in [2.24, 2.45) is 5.92 Å². The second-order valence-corrected chi connectivity index (χ2v) is 4.49. The molecular weight excluding hydrogens is 240 g/mol. The first-order valence-electron chi connectivity index (χ1n) is 6.68. The first-order chi connectivity index (χ1) is 9.10. The Balaban J connectivity index is 3.15. The number of hydrogen-bond acceptors (Lipinski definition) is 3. The maximum atomic E-state index is 12.1. The fourth-order valence-corrected chi connectivity index (χ4v) is 2.22. The Labute approximate surface area is 114 Å². The zero-order valence-electron chi connectivity index (χ0n) is 11.6. The molecule has 0 bridgehead atoms. The van der Waals surface area contributed by atoms with Crippen LogP contribution in [-0.2, 0) is 15.1 Å². The Morgan fingerprint density at radius 2 is 2.05 bits per heavy atom. The van der Waals surface area contributed by atoms with Crippen LogP contribution in [0, 0.1) is 5.92 Å². The molecule has 0 aliphatic carbocycles. The Hall–Kier alpha value is -1.61. The van der Waals surface area contributed by atoms with Crippen molar-refractivity contribution in [1.82, 2.24) is 0 Å². The minimum atomic E-state index is -1.39. The van der Waals surface area contributed by atoms with Crippen LogP contribution in [0.5, 0.6) is 0 Å². The van der Waals surface area contributed by atoms with Gasteiger partial charge in [0.1, 0.15) is 5.60 Å². The van der Waals surface area contributed by atoms with E-state index in [0.717, 1.165) is 6.42 Å². The van der Waals surface area contributed by atoms with Crippen molar-refractivity contribution in [3.63, 3.8) is 0 Å². The normalized spacial score (nSPS) is 15.3. The summed E-state index contributed by atoms with van der Waals surface area (Å²) in [6, 6.07) is 9.12. The number of benzene rings is 1. The highest BCUT2D eigenvalue weighted by molar-refractivity contribution is 5.74. The first kappa shape index (κ1) is 15.4. The summed E-state index contributed by atoms with van der Waals surface area (Å²) >= 11 is 0. The molecule has 0 heterocycles. The number of aliphatic hydroxyl groups is 1. The molecule has 1 aromatic carbocycles. The summed E-state index contributed by atoms with van der Waals surface area (Å²) in [7, 11) is 0. The molecular formula is C16H22O3. The minimum absolute atomic E-state index is 0.307. The summed E-state index contributed by atoms with van der Waals surface area (Å²) in [4.78, 5) is 12.1. The van der Waals surface area contributed by atoms with Crippen LogP contribution in [0.1, 0.15) is 32.3 Å². The van der Waals surface area contributed by atoms with Gasteiger partial charge in [-0.1, -0.05) is 56.3 Å². The molecule has 1 N–H and O–H groups in total. The van der Waals surface area contributed by atoms with Crippen molar-refractivity contribution in [2.75, 3.05) is 6.61 Å². The monoisotopic (exact) mass is 262 g/mol. The molecule has 0 aliphatic rings. The standard InChI is InChI=1S/C16H22O3/c1-4-10-14(15(17)19-6-3)16(18,5-2)13-11-8-7-9-12-13/h5,7-9,11-12,14,18H,2,4,6,10H2,1,3H3. The van der Waals surface area contributed by atoms with E-state index in [4.69, 9.17) is 4.74 Å². The van der Waals surface area contributed by atoms with Crippen LogP contribution in [0.15, 0.2) is 43.0 Å². The predicted molar refractivity (Wildman–Crippen MR) is 75.6 cm³/mol. The largest absolute Gasteiger partial charge is 0.466 e. The molecule has 2 atom stereocenters. The van der Waals surface area contributed by atoms with Gasteiger partial charge < -0.3 is 9.84 Å². The van der Waals surface area contributed by atoms with Crippen molar-refractivity contribution in [2.45, 2.75) is 32.3 Å². The summed E-state index contributed by atoms with van der Waals surface area (Å²) in [6.07, 6.45) is 2.77. The molecule has 1 rings (SSSR count). The minimum Gasteiger partial charge on any atom is -0.466 e. The predicted octanol–water partition coefficient (Wildman–Crippen LogP) is 3.04. The number of esters is 1. The molecule has 0 amide bonds. The molecule has 19 heavy (non-hydrogen) atoms. The molecule has 104 valence electrons. The Morgan fingerprint density at radius 3 is 2.53 bits per heavy atom. The first-order valence-corrected chi connectivity index (χ1v) is 6.68. The molecule has 0 saturated carbocycles. The molecule has 0 aromatic heterocycles. The lowest BCUT2D eigenvalue weighted by molar-refractivity contribution is -0.156. The molecule has 0 spiro atoms. The van der Waals surface area contributed by atoms with Crippen molar-refractivity contribution in [3.05, 3.63) is 48.6 Å². The Morgan fingerprint density at radius 1 is 1.42 bits per heavy atom. The van der Waals surface area contributed by atoms with Crippen molar-refractivity contribution in [1.29, 1.82) is 0 Å². The summed E-state index contributed by atoms with van der Waals surface area (Å²) in [5.41, 5.74) is -0.722. The summed E-state index contributed by atoms with van der Waals surface area (Å²) in [6.45, 7) is 7.74. The third kappa shape index (κ3) is 3.44. The van der Waals surface area contributed by atoms with Crippen LogP contribution >= 0.6 is 0 Å². The van der Waals surface area contributed by atoms with Crippen molar-refractivity contribution < 1.29 is 14.6 Å². The highest BCUT2D eigenvalue weighted by Gasteiger charge is 2.40. The van der Waals surface area contributed by atoms with Gasteiger partial charge in [0.05, 0.1) is 12.5 Å². The SMILES string of the molecule is C=CC(O)(c1ccccc1)C(CCC)C(=O)OCC. The van der Waals surface area contributed by atoms with Crippen molar-refractivity contribution >= 4 is 5.97 Å². The molecule has 2 unspecified atom stereocenters. The number of carbonyl (C=O) groups is 1. The van der Waals surface area contributed by atoms with Gasteiger partial charge in [-0.15, -0.1) is 0 Å². The zero-order valence-corrected chi connectivity index (χ0v) is 11.6. The van der Waals surface area contributed by atoms with Gasteiger partial charge in [0.25, 0.3) is 0 Å². The topological polar surface area (TPSA) is 46.5 Å². The fraction of sp³-hybridized carbons (Fsp3) is 0.438. The average molecular weight is 262 g/mol. The average Bonchev–Trinajstić information content (AvgIpc) is 2.45. The Kier molecular flexibility index (Phi) is 5.77. The highest BCUT2D eigenvalue weighted by Crippen LogP contribution is 2.34. The highest BCUT2D eigenvalue weighted by atomic mass is 16.5. The van der Waals surface area contributed by atoms with E-state index in [-0.39, 0.29) is 5.97 Å². The van der Waals surface area contributed by atoms with Gasteiger partial charge in [-0.05, 0) is 18.9 Å².